The lowest BCUT2D eigenvalue weighted by Gasteiger charge is -2.40. The zero-order chi connectivity index (χ0) is 14.1. The third-order valence-corrected chi connectivity index (χ3v) is 4.38. The smallest absolute Gasteiger partial charge is 0.147 e. The molecular formula is C15H21N5. The summed E-state index contributed by atoms with van der Waals surface area (Å²) in [6, 6.07) is 4.60. The van der Waals surface area contributed by atoms with E-state index in [1.807, 2.05) is 6.07 Å². The first-order chi connectivity index (χ1) is 9.72. The van der Waals surface area contributed by atoms with E-state index in [2.05, 4.69) is 22.9 Å². The van der Waals surface area contributed by atoms with Gasteiger partial charge >= 0.3 is 0 Å². The predicted molar refractivity (Wildman–Crippen MR) is 78.7 cm³/mol. The zero-order valence-corrected chi connectivity index (χ0v) is 12.0. The van der Waals surface area contributed by atoms with E-state index < -0.39 is 0 Å². The number of rotatable bonds is 2. The van der Waals surface area contributed by atoms with Gasteiger partial charge in [-0.1, -0.05) is 0 Å². The van der Waals surface area contributed by atoms with Gasteiger partial charge in [0.1, 0.15) is 11.9 Å². The van der Waals surface area contributed by atoms with Crippen LogP contribution in [0.15, 0.2) is 6.07 Å². The van der Waals surface area contributed by atoms with Crippen LogP contribution < -0.4 is 10.6 Å². The molecule has 1 aliphatic carbocycles. The summed E-state index contributed by atoms with van der Waals surface area (Å²) in [5.41, 5.74) is 9.05. The number of anilines is 1. The van der Waals surface area contributed by atoms with Crippen molar-refractivity contribution in [2.24, 2.45) is 5.73 Å². The van der Waals surface area contributed by atoms with Crippen LogP contribution in [0.5, 0.6) is 0 Å². The van der Waals surface area contributed by atoms with Gasteiger partial charge in [-0.15, -0.1) is 0 Å². The molecule has 1 fully saturated rings. The van der Waals surface area contributed by atoms with Gasteiger partial charge in [-0.3, -0.25) is 0 Å². The van der Waals surface area contributed by atoms with Crippen molar-refractivity contribution in [2.45, 2.75) is 25.3 Å². The summed E-state index contributed by atoms with van der Waals surface area (Å²) in [5, 5.41) is 9.43. The Morgan fingerprint density at radius 2 is 2.30 bits per heavy atom. The van der Waals surface area contributed by atoms with Gasteiger partial charge in [0.2, 0.25) is 0 Å². The van der Waals surface area contributed by atoms with Crippen LogP contribution in [0.25, 0.3) is 0 Å². The second-order valence-corrected chi connectivity index (χ2v) is 5.78. The topological polar surface area (TPSA) is 69.2 Å². The molecule has 20 heavy (non-hydrogen) atoms. The maximum Gasteiger partial charge on any atom is 0.147 e. The van der Waals surface area contributed by atoms with Gasteiger partial charge in [0.05, 0.1) is 11.6 Å². The standard InChI is InChI=1S/C15H21N5/c1-19-5-6-20(13(9-17)10-19)15-12(8-16)7-11-3-2-4-14(11)18-15/h7,13H,2-6,9-10,17H2,1H3. The van der Waals surface area contributed by atoms with Gasteiger partial charge in [0, 0.05) is 31.9 Å². The number of aryl methyl sites for hydroxylation is 2. The molecule has 1 aliphatic heterocycles. The number of nitrogens with zero attached hydrogens (tertiary/aromatic N) is 4. The normalized spacial score (nSPS) is 22.6. The monoisotopic (exact) mass is 271 g/mol. The number of aromatic nitrogens is 1. The van der Waals surface area contributed by atoms with Crippen molar-refractivity contribution in [1.82, 2.24) is 9.88 Å². The summed E-state index contributed by atoms with van der Waals surface area (Å²) in [5.74, 6) is 0.844. The molecule has 0 amide bonds. The van der Waals surface area contributed by atoms with E-state index in [1.165, 1.54) is 11.3 Å². The number of hydrogen-bond acceptors (Lipinski definition) is 5. The quantitative estimate of drug-likeness (QED) is 0.849. The SMILES string of the molecule is CN1CCN(c2nc3c(cc2C#N)CCC3)C(CN)C1. The van der Waals surface area contributed by atoms with Gasteiger partial charge in [-0.25, -0.2) is 4.98 Å². The highest BCUT2D eigenvalue weighted by molar-refractivity contribution is 5.57. The van der Waals surface area contributed by atoms with E-state index in [1.54, 1.807) is 0 Å². The fourth-order valence-corrected chi connectivity index (χ4v) is 3.25. The number of piperazine rings is 1. The van der Waals surface area contributed by atoms with E-state index in [0.29, 0.717) is 12.1 Å². The molecule has 2 aliphatic rings. The number of likely N-dealkylation sites (N-methyl/N-ethyl adjacent to an activating group) is 1. The Morgan fingerprint density at radius 1 is 1.45 bits per heavy atom. The fraction of sp³-hybridized carbons (Fsp3) is 0.600. The van der Waals surface area contributed by atoms with Crippen LogP contribution >= 0.6 is 0 Å². The molecule has 0 aromatic carbocycles. The average Bonchev–Trinajstić information content (AvgIpc) is 2.92. The summed E-state index contributed by atoms with van der Waals surface area (Å²) < 4.78 is 0. The van der Waals surface area contributed by atoms with E-state index in [0.717, 1.165) is 44.7 Å². The van der Waals surface area contributed by atoms with Crippen molar-refractivity contribution < 1.29 is 0 Å². The molecule has 1 saturated heterocycles. The Morgan fingerprint density at radius 3 is 3.05 bits per heavy atom. The van der Waals surface area contributed by atoms with Crippen LogP contribution in [0, 0.1) is 11.3 Å². The molecule has 2 N–H and O–H groups in total. The first-order valence-electron chi connectivity index (χ1n) is 7.31. The second-order valence-electron chi connectivity index (χ2n) is 5.78. The number of nitrogens with two attached hydrogens (primary N) is 1. The second kappa shape index (κ2) is 5.39. The van der Waals surface area contributed by atoms with Crippen molar-refractivity contribution >= 4 is 5.82 Å². The number of nitriles is 1. The highest BCUT2D eigenvalue weighted by Gasteiger charge is 2.28. The molecule has 106 valence electrons. The molecule has 0 spiro atoms. The lowest BCUT2D eigenvalue weighted by atomic mass is 10.1. The lowest BCUT2D eigenvalue weighted by molar-refractivity contribution is 0.268. The van der Waals surface area contributed by atoms with E-state index >= 15 is 0 Å². The van der Waals surface area contributed by atoms with Crippen molar-refractivity contribution in [1.29, 1.82) is 5.26 Å². The fourth-order valence-electron chi connectivity index (χ4n) is 3.25. The molecule has 0 saturated carbocycles. The Hall–Kier alpha value is -1.64. The molecule has 2 heterocycles. The van der Waals surface area contributed by atoms with E-state index in [4.69, 9.17) is 10.7 Å². The molecule has 0 bridgehead atoms. The van der Waals surface area contributed by atoms with Gasteiger partial charge in [-0.2, -0.15) is 5.26 Å². The minimum atomic E-state index is 0.243. The summed E-state index contributed by atoms with van der Waals surface area (Å²) in [4.78, 5) is 9.32. The summed E-state index contributed by atoms with van der Waals surface area (Å²) in [7, 11) is 2.11. The summed E-state index contributed by atoms with van der Waals surface area (Å²) >= 11 is 0. The van der Waals surface area contributed by atoms with Crippen LogP contribution in [0.2, 0.25) is 0 Å². The third kappa shape index (κ3) is 2.26. The number of fused-ring (bicyclic) bond motifs is 1. The minimum absolute atomic E-state index is 0.243. The average molecular weight is 271 g/mol. The molecule has 1 aromatic heterocycles. The molecule has 1 aromatic rings. The molecule has 0 radical (unpaired) electrons. The van der Waals surface area contributed by atoms with Crippen LogP contribution in [0.1, 0.15) is 23.2 Å². The van der Waals surface area contributed by atoms with Crippen molar-refractivity contribution in [2.75, 3.05) is 38.1 Å². The summed E-state index contributed by atoms with van der Waals surface area (Å²) in [6.07, 6.45) is 3.25. The van der Waals surface area contributed by atoms with Crippen molar-refractivity contribution in [3.63, 3.8) is 0 Å². The summed E-state index contributed by atoms with van der Waals surface area (Å²) in [6.45, 7) is 3.40. The van der Waals surface area contributed by atoms with E-state index in [-0.39, 0.29) is 6.04 Å². The zero-order valence-electron chi connectivity index (χ0n) is 12.0. The lowest BCUT2D eigenvalue weighted by Crippen LogP contribution is -2.55. The van der Waals surface area contributed by atoms with Gasteiger partial charge in [-0.05, 0) is 37.9 Å². The van der Waals surface area contributed by atoms with Crippen LogP contribution in [0.4, 0.5) is 5.82 Å². The van der Waals surface area contributed by atoms with Crippen molar-refractivity contribution in [3.05, 3.63) is 22.9 Å². The molecule has 5 heteroatoms. The first-order valence-corrected chi connectivity index (χ1v) is 7.31. The Kier molecular flexibility index (Phi) is 3.60. The number of pyridine rings is 1. The first kappa shape index (κ1) is 13.3. The van der Waals surface area contributed by atoms with Crippen molar-refractivity contribution in [3.8, 4) is 6.07 Å². The van der Waals surface area contributed by atoms with Gasteiger partial charge < -0.3 is 15.5 Å². The molecule has 1 unspecified atom stereocenters. The van der Waals surface area contributed by atoms with Crippen LogP contribution in [0.3, 0.4) is 0 Å². The Bertz CT molecular complexity index is 548. The maximum atomic E-state index is 9.43. The Balaban J connectivity index is 1.98. The predicted octanol–water partition coefficient (Wildman–Crippen LogP) is 0.521. The van der Waals surface area contributed by atoms with Crippen LogP contribution in [-0.2, 0) is 12.8 Å². The third-order valence-electron chi connectivity index (χ3n) is 4.38. The number of hydrogen-bond donors (Lipinski definition) is 1. The van der Waals surface area contributed by atoms with Gasteiger partial charge in [0.25, 0.3) is 0 Å². The highest BCUT2D eigenvalue weighted by Crippen LogP contribution is 2.28. The highest BCUT2D eigenvalue weighted by atomic mass is 15.3. The minimum Gasteiger partial charge on any atom is -0.349 e. The van der Waals surface area contributed by atoms with Gasteiger partial charge in [0.15, 0.2) is 0 Å². The largest absolute Gasteiger partial charge is 0.349 e. The Labute approximate surface area is 120 Å². The molecular weight excluding hydrogens is 250 g/mol. The molecule has 5 nitrogen and oxygen atoms in total. The van der Waals surface area contributed by atoms with Crippen LogP contribution in [-0.4, -0.2) is 49.2 Å². The molecule has 1 atom stereocenters. The maximum absolute atomic E-state index is 9.43. The van der Waals surface area contributed by atoms with E-state index in [9.17, 15) is 5.26 Å². The molecule has 3 rings (SSSR count).